The van der Waals surface area contributed by atoms with E-state index in [0.29, 0.717) is 12.0 Å². The fraction of sp³-hybridized carbons (Fsp3) is 0.533. The van der Waals surface area contributed by atoms with Crippen LogP contribution in [0.1, 0.15) is 32.2 Å². The summed E-state index contributed by atoms with van der Waals surface area (Å²) >= 11 is 1.83. The molecule has 18 heavy (non-hydrogen) atoms. The Hall–Kier alpha value is -0.930. The van der Waals surface area contributed by atoms with E-state index in [9.17, 15) is 0 Å². The highest BCUT2D eigenvalue weighted by atomic mass is 32.1. The topological polar surface area (TPSA) is 24.9 Å². The molecule has 2 unspecified atom stereocenters. The van der Waals surface area contributed by atoms with Gasteiger partial charge in [0.25, 0.3) is 0 Å². The maximum atomic E-state index is 4.72. The van der Waals surface area contributed by atoms with Crippen molar-refractivity contribution < 1.29 is 0 Å². The Kier molecular flexibility index (Phi) is 4.72. The molecule has 98 valence electrons. The Morgan fingerprint density at radius 3 is 2.72 bits per heavy atom. The van der Waals surface area contributed by atoms with Gasteiger partial charge >= 0.3 is 0 Å². The summed E-state index contributed by atoms with van der Waals surface area (Å²) in [7, 11) is 0. The first kappa shape index (κ1) is 13.5. The molecule has 1 heterocycles. The summed E-state index contributed by atoms with van der Waals surface area (Å²) in [5.41, 5.74) is 1.14. The quantitative estimate of drug-likeness (QED) is 0.855. The molecular weight excluding hydrogens is 240 g/mol. The zero-order valence-corrected chi connectivity index (χ0v) is 12.3. The molecule has 0 saturated heterocycles. The molecule has 0 radical (unpaired) electrons. The van der Waals surface area contributed by atoms with Crippen LogP contribution in [0, 0.1) is 5.92 Å². The highest BCUT2D eigenvalue weighted by molar-refractivity contribution is 7.18. The summed E-state index contributed by atoms with van der Waals surface area (Å²) < 4.78 is 1.30. The second-order valence-corrected chi connectivity index (χ2v) is 5.94. The van der Waals surface area contributed by atoms with Gasteiger partial charge in [-0.3, -0.25) is 0 Å². The molecule has 0 saturated carbocycles. The second kappa shape index (κ2) is 6.30. The molecule has 3 heteroatoms. The normalized spacial score (nSPS) is 14.8. The molecule has 0 bridgehead atoms. The van der Waals surface area contributed by atoms with Crippen molar-refractivity contribution in [3.05, 3.63) is 29.3 Å². The molecule has 1 N–H and O–H groups in total. The summed E-state index contributed by atoms with van der Waals surface area (Å²) in [4.78, 5) is 4.72. The lowest BCUT2D eigenvalue weighted by atomic mass is 9.96. The van der Waals surface area contributed by atoms with E-state index in [1.54, 1.807) is 0 Å². The zero-order chi connectivity index (χ0) is 13.0. The molecule has 2 nitrogen and oxygen atoms in total. The monoisotopic (exact) mass is 262 g/mol. The smallest absolute Gasteiger partial charge is 0.0941 e. The van der Waals surface area contributed by atoms with Gasteiger partial charge in [-0.1, -0.05) is 32.9 Å². The summed E-state index contributed by atoms with van der Waals surface area (Å²) in [6.45, 7) is 7.79. The molecule has 0 amide bonds. The lowest BCUT2D eigenvalue weighted by Crippen LogP contribution is -2.35. The Balaban J connectivity index is 2.08. The number of nitrogens with zero attached hydrogens (tertiary/aromatic N) is 1. The van der Waals surface area contributed by atoms with Crippen molar-refractivity contribution in [3.63, 3.8) is 0 Å². The van der Waals surface area contributed by atoms with Gasteiger partial charge in [-0.25, -0.2) is 4.98 Å². The summed E-state index contributed by atoms with van der Waals surface area (Å²) in [6, 6.07) is 9.00. The van der Waals surface area contributed by atoms with Crippen molar-refractivity contribution >= 4 is 21.6 Å². The van der Waals surface area contributed by atoms with Crippen molar-refractivity contribution in [1.82, 2.24) is 10.3 Å². The zero-order valence-electron chi connectivity index (χ0n) is 11.4. The number of benzene rings is 1. The highest BCUT2D eigenvalue weighted by Gasteiger charge is 2.16. The lowest BCUT2D eigenvalue weighted by molar-refractivity contribution is 0.371. The average Bonchev–Trinajstić information content (AvgIpc) is 2.77. The van der Waals surface area contributed by atoms with Gasteiger partial charge in [-0.2, -0.15) is 0 Å². The largest absolute Gasteiger partial charge is 0.314 e. The third kappa shape index (κ3) is 3.09. The van der Waals surface area contributed by atoms with Crippen molar-refractivity contribution in [3.8, 4) is 0 Å². The third-order valence-electron chi connectivity index (χ3n) is 3.43. The van der Waals surface area contributed by atoms with Crippen LogP contribution < -0.4 is 5.32 Å². The van der Waals surface area contributed by atoms with Crippen LogP contribution in [-0.4, -0.2) is 17.6 Å². The van der Waals surface area contributed by atoms with Crippen LogP contribution >= 0.6 is 11.3 Å². The maximum Gasteiger partial charge on any atom is 0.0941 e. The fourth-order valence-electron chi connectivity index (χ4n) is 2.44. The molecule has 2 rings (SSSR count). The number of fused-ring (bicyclic) bond motifs is 1. The van der Waals surface area contributed by atoms with E-state index in [4.69, 9.17) is 4.98 Å². The summed E-state index contributed by atoms with van der Waals surface area (Å²) in [5, 5.41) is 4.83. The van der Waals surface area contributed by atoms with Gasteiger partial charge < -0.3 is 5.32 Å². The first-order valence-corrected chi connectivity index (χ1v) is 7.64. The van der Waals surface area contributed by atoms with Crippen LogP contribution in [0.3, 0.4) is 0 Å². The molecule has 0 aliphatic heterocycles. The third-order valence-corrected chi connectivity index (χ3v) is 4.49. The molecule has 1 aromatic carbocycles. The molecule has 0 aliphatic carbocycles. The van der Waals surface area contributed by atoms with Gasteiger partial charge in [-0.15, -0.1) is 11.3 Å². The molecule has 0 spiro atoms. The maximum absolute atomic E-state index is 4.72. The number of hydrogen-bond acceptors (Lipinski definition) is 3. The first-order chi connectivity index (χ1) is 8.74. The van der Waals surface area contributed by atoms with Crippen molar-refractivity contribution in [2.24, 2.45) is 5.92 Å². The van der Waals surface area contributed by atoms with Gasteiger partial charge in [0.15, 0.2) is 0 Å². The minimum absolute atomic E-state index is 0.599. The van der Waals surface area contributed by atoms with Gasteiger partial charge in [0.05, 0.1) is 15.2 Å². The van der Waals surface area contributed by atoms with E-state index in [0.717, 1.165) is 18.5 Å². The van der Waals surface area contributed by atoms with Crippen molar-refractivity contribution in [2.75, 3.05) is 6.54 Å². The number of aromatic nitrogens is 1. The molecular formula is C15H22N2S. The van der Waals surface area contributed by atoms with E-state index < -0.39 is 0 Å². The fourth-order valence-corrected chi connectivity index (χ4v) is 3.54. The SMILES string of the molecule is CCNC(CC)C(C)Cc1nc2ccccc2s1. The van der Waals surface area contributed by atoms with Crippen molar-refractivity contribution in [2.45, 2.75) is 39.7 Å². The second-order valence-electron chi connectivity index (χ2n) is 4.83. The standard InChI is InChI=1S/C15H22N2S/c1-4-12(16-5-2)11(3)10-15-17-13-8-6-7-9-14(13)18-15/h6-9,11-12,16H,4-5,10H2,1-3H3. The van der Waals surface area contributed by atoms with E-state index in [1.807, 2.05) is 11.3 Å². The van der Waals surface area contributed by atoms with E-state index in [-0.39, 0.29) is 0 Å². The Labute approximate surface area is 113 Å². The van der Waals surface area contributed by atoms with Crippen LogP contribution in [0.25, 0.3) is 10.2 Å². The van der Waals surface area contributed by atoms with Crippen LogP contribution in [-0.2, 0) is 6.42 Å². The number of nitrogens with one attached hydrogen (secondary N) is 1. The van der Waals surface area contributed by atoms with Gasteiger partial charge in [0.1, 0.15) is 0 Å². The molecule has 2 aromatic rings. The van der Waals surface area contributed by atoms with Crippen LogP contribution in [0.2, 0.25) is 0 Å². The highest BCUT2D eigenvalue weighted by Crippen LogP contribution is 2.24. The lowest BCUT2D eigenvalue weighted by Gasteiger charge is -2.22. The predicted molar refractivity (Wildman–Crippen MR) is 80.2 cm³/mol. The van der Waals surface area contributed by atoms with Gasteiger partial charge in [0, 0.05) is 12.5 Å². The Morgan fingerprint density at radius 1 is 1.28 bits per heavy atom. The molecule has 0 aliphatic rings. The Morgan fingerprint density at radius 2 is 2.06 bits per heavy atom. The number of hydrogen-bond donors (Lipinski definition) is 1. The summed E-state index contributed by atoms with van der Waals surface area (Å²) in [5.74, 6) is 0.635. The minimum Gasteiger partial charge on any atom is -0.314 e. The molecule has 2 atom stereocenters. The van der Waals surface area contributed by atoms with E-state index >= 15 is 0 Å². The van der Waals surface area contributed by atoms with Crippen molar-refractivity contribution in [1.29, 1.82) is 0 Å². The summed E-state index contributed by atoms with van der Waals surface area (Å²) in [6.07, 6.45) is 2.25. The number of rotatable bonds is 6. The minimum atomic E-state index is 0.599. The van der Waals surface area contributed by atoms with E-state index in [1.165, 1.54) is 16.1 Å². The van der Waals surface area contributed by atoms with Crippen LogP contribution in [0.15, 0.2) is 24.3 Å². The molecule has 1 aromatic heterocycles. The number of para-hydroxylation sites is 1. The number of thiazole rings is 1. The average molecular weight is 262 g/mol. The van der Waals surface area contributed by atoms with Gasteiger partial charge in [-0.05, 0) is 31.0 Å². The van der Waals surface area contributed by atoms with Crippen LogP contribution in [0.4, 0.5) is 0 Å². The van der Waals surface area contributed by atoms with Gasteiger partial charge in [0.2, 0.25) is 0 Å². The predicted octanol–water partition coefficient (Wildman–Crippen LogP) is 3.86. The van der Waals surface area contributed by atoms with Crippen LogP contribution in [0.5, 0.6) is 0 Å². The first-order valence-electron chi connectivity index (χ1n) is 6.82. The molecule has 0 fully saturated rings. The Bertz CT molecular complexity index is 459. The van der Waals surface area contributed by atoms with E-state index in [2.05, 4.69) is 50.4 Å².